The first-order chi connectivity index (χ1) is 7.92. The van der Waals surface area contributed by atoms with Crippen molar-refractivity contribution >= 4 is 11.8 Å². The van der Waals surface area contributed by atoms with Crippen LogP contribution in [0.25, 0.3) is 0 Å². The molecule has 17 heavy (non-hydrogen) atoms. The lowest BCUT2D eigenvalue weighted by Crippen LogP contribution is -2.12. The highest BCUT2D eigenvalue weighted by atomic mass is 19.4. The first-order valence-corrected chi connectivity index (χ1v) is 4.89. The second kappa shape index (κ2) is 5.55. The summed E-state index contributed by atoms with van der Waals surface area (Å²) in [7, 11) is 1.41. The Kier molecular flexibility index (Phi) is 4.36. The average Bonchev–Trinajstić information content (AvgIpc) is 2.23. The minimum Gasteiger partial charge on any atom is -0.491 e. The van der Waals surface area contributed by atoms with E-state index in [4.69, 9.17) is 10.5 Å². The van der Waals surface area contributed by atoms with Crippen LogP contribution in [0.5, 0.6) is 5.75 Å². The van der Waals surface area contributed by atoms with Crippen molar-refractivity contribution in [3.8, 4) is 5.75 Å². The van der Waals surface area contributed by atoms with Crippen molar-refractivity contribution in [2.75, 3.05) is 24.7 Å². The minimum atomic E-state index is -4.14. The van der Waals surface area contributed by atoms with Crippen molar-refractivity contribution in [2.45, 2.75) is 19.0 Å². The maximum absolute atomic E-state index is 11.9. The summed E-state index contributed by atoms with van der Waals surface area (Å²) in [6.45, 7) is 0.131. The summed E-state index contributed by atoms with van der Waals surface area (Å²) in [5.74, 6) is 0.664. The third kappa shape index (κ3) is 4.75. The van der Waals surface area contributed by atoms with Crippen molar-refractivity contribution in [3.05, 3.63) is 6.20 Å². The summed E-state index contributed by atoms with van der Waals surface area (Å²) < 4.78 is 40.6. The van der Waals surface area contributed by atoms with Gasteiger partial charge < -0.3 is 15.8 Å². The number of aromatic nitrogens is 2. The van der Waals surface area contributed by atoms with Crippen LogP contribution in [0.1, 0.15) is 12.8 Å². The highest BCUT2D eigenvalue weighted by Gasteiger charge is 2.25. The zero-order valence-corrected chi connectivity index (χ0v) is 9.21. The highest BCUT2D eigenvalue weighted by Crippen LogP contribution is 2.23. The standard InChI is InChI=1S/C9H13F3N4O/c1-17-6-5-15-8(13)16-7(6)14-4-2-3-9(10,11)12/h5H,2-4H2,1H3,(H3,13,14,15,16). The van der Waals surface area contributed by atoms with Gasteiger partial charge >= 0.3 is 6.18 Å². The van der Waals surface area contributed by atoms with Crippen molar-refractivity contribution in [3.63, 3.8) is 0 Å². The molecular weight excluding hydrogens is 237 g/mol. The van der Waals surface area contributed by atoms with Crippen LogP contribution in [0.2, 0.25) is 0 Å². The van der Waals surface area contributed by atoms with Crippen LogP contribution < -0.4 is 15.8 Å². The Labute approximate surface area is 96.2 Å². The van der Waals surface area contributed by atoms with E-state index in [1.54, 1.807) is 0 Å². The van der Waals surface area contributed by atoms with Gasteiger partial charge in [0.25, 0.3) is 0 Å². The maximum Gasteiger partial charge on any atom is 0.389 e. The van der Waals surface area contributed by atoms with E-state index in [9.17, 15) is 13.2 Å². The maximum atomic E-state index is 11.9. The van der Waals surface area contributed by atoms with Crippen LogP contribution in [0, 0.1) is 0 Å². The van der Waals surface area contributed by atoms with Crippen molar-refractivity contribution in [1.29, 1.82) is 0 Å². The molecule has 96 valence electrons. The molecule has 0 amide bonds. The van der Waals surface area contributed by atoms with Crippen molar-refractivity contribution < 1.29 is 17.9 Å². The summed E-state index contributed by atoms with van der Waals surface area (Å²) in [4.78, 5) is 7.53. The molecule has 0 radical (unpaired) electrons. The van der Waals surface area contributed by atoms with Gasteiger partial charge in [-0.1, -0.05) is 0 Å². The lowest BCUT2D eigenvalue weighted by atomic mass is 10.3. The summed E-state index contributed by atoms with van der Waals surface area (Å²) in [6, 6.07) is 0. The number of anilines is 2. The monoisotopic (exact) mass is 250 g/mol. The molecule has 0 spiro atoms. The molecule has 0 bridgehead atoms. The van der Waals surface area contributed by atoms with Crippen LogP contribution in [-0.4, -0.2) is 29.8 Å². The van der Waals surface area contributed by atoms with Crippen LogP contribution in [0.3, 0.4) is 0 Å². The molecule has 0 aliphatic heterocycles. The van der Waals surface area contributed by atoms with Crippen LogP contribution in [0.4, 0.5) is 24.9 Å². The number of rotatable bonds is 5. The van der Waals surface area contributed by atoms with Gasteiger partial charge in [0.15, 0.2) is 11.6 Å². The van der Waals surface area contributed by atoms with Gasteiger partial charge in [-0.25, -0.2) is 4.98 Å². The predicted molar refractivity (Wildman–Crippen MR) is 56.8 cm³/mol. The third-order valence-electron chi connectivity index (χ3n) is 1.92. The summed E-state index contributed by atoms with van der Waals surface area (Å²) in [5.41, 5.74) is 5.36. The van der Waals surface area contributed by atoms with Gasteiger partial charge in [-0.05, 0) is 6.42 Å². The molecule has 8 heteroatoms. The smallest absolute Gasteiger partial charge is 0.389 e. The molecule has 0 saturated carbocycles. The van der Waals surface area contributed by atoms with Crippen LogP contribution >= 0.6 is 0 Å². The van der Waals surface area contributed by atoms with Gasteiger partial charge in [0.05, 0.1) is 13.3 Å². The number of nitrogen functional groups attached to an aromatic ring is 1. The molecule has 5 nitrogen and oxygen atoms in total. The molecule has 3 N–H and O–H groups in total. The fraction of sp³-hybridized carbons (Fsp3) is 0.556. The van der Waals surface area contributed by atoms with E-state index in [0.29, 0.717) is 11.6 Å². The number of nitrogens with two attached hydrogens (primary N) is 1. The Balaban J connectivity index is 2.48. The fourth-order valence-corrected chi connectivity index (χ4v) is 1.16. The lowest BCUT2D eigenvalue weighted by Gasteiger charge is -2.10. The molecule has 1 rings (SSSR count). The number of hydrogen-bond donors (Lipinski definition) is 2. The largest absolute Gasteiger partial charge is 0.491 e. The zero-order chi connectivity index (χ0) is 12.9. The van der Waals surface area contributed by atoms with E-state index < -0.39 is 12.6 Å². The van der Waals surface area contributed by atoms with Crippen molar-refractivity contribution in [1.82, 2.24) is 9.97 Å². The van der Waals surface area contributed by atoms with E-state index in [0.717, 1.165) is 0 Å². The van der Waals surface area contributed by atoms with Gasteiger partial charge in [-0.3, -0.25) is 0 Å². The number of halogens is 3. The molecule has 0 aliphatic rings. The molecule has 0 atom stereocenters. The fourth-order valence-electron chi connectivity index (χ4n) is 1.16. The normalized spacial score (nSPS) is 11.3. The van der Waals surface area contributed by atoms with E-state index >= 15 is 0 Å². The topological polar surface area (TPSA) is 73.1 Å². The zero-order valence-electron chi connectivity index (χ0n) is 9.21. The SMILES string of the molecule is COc1cnc(N)nc1NCCCC(F)(F)F. The molecule has 0 aliphatic carbocycles. The van der Waals surface area contributed by atoms with Crippen LogP contribution in [-0.2, 0) is 0 Å². The molecule has 0 aromatic carbocycles. The molecular formula is C9H13F3N4O. The number of ether oxygens (including phenoxy) is 1. The second-order valence-corrected chi connectivity index (χ2v) is 3.29. The third-order valence-corrected chi connectivity index (χ3v) is 1.92. The highest BCUT2D eigenvalue weighted by molar-refractivity contribution is 5.50. The second-order valence-electron chi connectivity index (χ2n) is 3.29. The Morgan fingerprint density at radius 1 is 1.47 bits per heavy atom. The summed E-state index contributed by atoms with van der Waals surface area (Å²) in [6.07, 6.45) is -3.68. The molecule has 0 fully saturated rings. The van der Waals surface area contributed by atoms with E-state index in [-0.39, 0.29) is 18.9 Å². The number of nitrogens with zero attached hydrogens (tertiary/aromatic N) is 2. The van der Waals surface area contributed by atoms with Gasteiger partial charge in [0, 0.05) is 13.0 Å². The quantitative estimate of drug-likeness (QED) is 0.780. The Morgan fingerprint density at radius 3 is 2.76 bits per heavy atom. The molecule has 0 unspecified atom stereocenters. The summed E-state index contributed by atoms with van der Waals surface area (Å²) in [5, 5.41) is 2.72. The number of alkyl halides is 3. The molecule has 1 aromatic rings. The van der Waals surface area contributed by atoms with Gasteiger partial charge in [0.1, 0.15) is 0 Å². The lowest BCUT2D eigenvalue weighted by molar-refractivity contribution is -0.134. The first-order valence-electron chi connectivity index (χ1n) is 4.89. The van der Waals surface area contributed by atoms with Gasteiger partial charge in [-0.2, -0.15) is 18.2 Å². The number of nitrogens with one attached hydrogen (secondary N) is 1. The predicted octanol–water partition coefficient (Wildman–Crippen LogP) is 1.82. The van der Waals surface area contributed by atoms with E-state index in [1.807, 2.05) is 0 Å². The van der Waals surface area contributed by atoms with E-state index in [1.165, 1.54) is 13.3 Å². The Bertz CT molecular complexity index is 370. The average molecular weight is 250 g/mol. The Morgan fingerprint density at radius 2 is 2.18 bits per heavy atom. The minimum absolute atomic E-state index is 0.0316. The van der Waals surface area contributed by atoms with Crippen LogP contribution in [0.15, 0.2) is 6.20 Å². The molecule has 1 aromatic heterocycles. The number of hydrogen-bond acceptors (Lipinski definition) is 5. The first kappa shape index (κ1) is 13.3. The molecule has 1 heterocycles. The van der Waals surface area contributed by atoms with Gasteiger partial charge in [-0.15, -0.1) is 0 Å². The Hall–Kier alpha value is -1.73. The number of methoxy groups -OCH3 is 1. The van der Waals surface area contributed by atoms with E-state index in [2.05, 4.69) is 15.3 Å². The van der Waals surface area contributed by atoms with Crippen molar-refractivity contribution in [2.24, 2.45) is 0 Å². The van der Waals surface area contributed by atoms with Gasteiger partial charge in [0.2, 0.25) is 5.95 Å². The summed E-state index contributed by atoms with van der Waals surface area (Å²) >= 11 is 0. The molecule has 0 saturated heterocycles.